The molecule has 0 aliphatic rings. The fourth-order valence-electron chi connectivity index (χ4n) is 1.05. The average molecular weight is 202 g/mol. The van der Waals surface area contributed by atoms with E-state index in [1.807, 2.05) is 0 Å². The molecule has 0 aromatic heterocycles. The van der Waals surface area contributed by atoms with E-state index < -0.39 is 6.04 Å². The standard InChI is InChI=1S/C10H22N2O2/c1-2-3-8-14-10(13)9(12)6-4-5-7-11/h9H,2-8,11-12H2,1H3. The first-order valence-electron chi connectivity index (χ1n) is 5.34. The zero-order valence-electron chi connectivity index (χ0n) is 9.00. The first-order valence-corrected chi connectivity index (χ1v) is 5.34. The Balaban J connectivity index is 3.44. The molecule has 1 unspecified atom stereocenters. The third kappa shape index (κ3) is 6.86. The van der Waals surface area contributed by atoms with Gasteiger partial charge in [0.15, 0.2) is 0 Å². The molecule has 4 nitrogen and oxygen atoms in total. The van der Waals surface area contributed by atoms with Crippen LogP contribution in [-0.2, 0) is 9.53 Å². The highest BCUT2D eigenvalue weighted by atomic mass is 16.5. The molecule has 0 aliphatic heterocycles. The maximum Gasteiger partial charge on any atom is 0.322 e. The van der Waals surface area contributed by atoms with Gasteiger partial charge in [-0.2, -0.15) is 0 Å². The molecular formula is C10H22N2O2. The topological polar surface area (TPSA) is 78.3 Å². The van der Waals surface area contributed by atoms with E-state index in [4.69, 9.17) is 16.2 Å². The molecule has 0 saturated carbocycles. The van der Waals surface area contributed by atoms with Crippen molar-refractivity contribution in [1.82, 2.24) is 0 Å². The summed E-state index contributed by atoms with van der Waals surface area (Å²) in [5.41, 5.74) is 11.0. The Bertz CT molecular complexity index is 151. The van der Waals surface area contributed by atoms with Gasteiger partial charge in [-0.05, 0) is 25.8 Å². The Kier molecular flexibility index (Phi) is 8.57. The number of nitrogens with two attached hydrogens (primary N) is 2. The van der Waals surface area contributed by atoms with E-state index in [2.05, 4.69) is 6.92 Å². The van der Waals surface area contributed by atoms with Gasteiger partial charge in [-0.1, -0.05) is 19.8 Å². The van der Waals surface area contributed by atoms with Gasteiger partial charge in [0, 0.05) is 0 Å². The Labute approximate surface area is 86.0 Å². The molecule has 0 heterocycles. The summed E-state index contributed by atoms with van der Waals surface area (Å²) in [6, 6.07) is -0.474. The Morgan fingerprint density at radius 3 is 2.64 bits per heavy atom. The lowest BCUT2D eigenvalue weighted by atomic mass is 10.1. The van der Waals surface area contributed by atoms with Crippen molar-refractivity contribution in [2.45, 2.75) is 45.1 Å². The molecule has 0 radical (unpaired) electrons. The summed E-state index contributed by atoms with van der Waals surface area (Å²) in [7, 11) is 0. The van der Waals surface area contributed by atoms with Crippen LogP contribution in [0.2, 0.25) is 0 Å². The monoisotopic (exact) mass is 202 g/mol. The van der Waals surface area contributed by atoms with Crippen molar-refractivity contribution in [2.75, 3.05) is 13.2 Å². The van der Waals surface area contributed by atoms with Crippen LogP contribution in [0.5, 0.6) is 0 Å². The maximum atomic E-state index is 11.2. The zero-order valence-corrected chi connectivity index (χ0v) is 9.00. The number of unbranched alkanes of at least 4 members (excludes halogenated alkanes) is 2. The van der Waals surface area contributed by atoms with Gasteiger partial charge in [-0.3, -0.25) is 4.79 Å². The number of hydrogen-bond acceptors (Lipinski definition) is 4. The molecule has 0 bridgehead atoms. The third-order valence-corrected chi connectivity index (χ3v) is 2.01. The minimum absolute atomic E-state index is 0.282. The predicted molar refractivity (Wildman–Crippen MR) is 56.7 cm³/mol. The van der Waals surface area contributed by atoms with E-state index in [0.717, 1.165) is 25.7 Å². The zero-order chi connectivity index (χ0) is 10.8. The molecule has 0 fully saturated rings. The molecule has 0 saturated heterocycles. The number of ether oxygens (including phenoxy) is 1. The van der Waals surface area contributed by atoms with Crippen molar-refractivity contribution in [1.29, 1.82) is 0 Å². The quantitative estimate of drug-likeness (QED) is 0.450. The highest BCUT2D eigenvalue weighted by Crippen LogP contribution is 2.00. The van der Waals surface area contributed by atoms with Gasteiger partial charge in [0.1, 0.15) is 6.04 Å². The molecule has 0 amide bonds. The Morgan fingerprint density at radius 2 is 2.07 bits per heavy atom. The second-order valence-electron chi connectivity index (χ2n) is 3.41. The van der Waals surface area contributed by atoms with Gasteiger partial charge in [0.05, 0.1) is 6.61 Å². The average Bonchev–Trinajstić information content (AvgIpc) is 2.18. The van der Waals surface area contributed by atoms with E-state index in [1.54, 1.807) is 0 Å². The van der Waals surface area contributed by atoms with Crippen molar-refractivity contribution in [3.05, 3.63) is 0 Å². The molecule has 4 N–H and O–H groups in total. The smallest absolute Gasteiger partial charge is 0.322 e. The summed E-state index contributed by atoms with van der Waals surface area (Å²) < 4.78 is 4.98. The molecule has 84 valence electrons. The summed E-state index contributed by atoms with van der Waals surface area (Å²) in [4.78, 5) is 11.2. The van der Waals surface area contributed by atoms with Crippen molar-refractivity contribution in [3.63, 3.8) is 0 Å². The molecule has 0 spiro atoms. The van der Waals surface area contributed by atoms with Gasteiger partial charge >= 0.3 is 5.97 Å². The number of carbonyl (C=O) groups excluding carboxylic acids is 1. The van der Waals surface area contributed by atoms with Gasteiger partial charge < -0.3 is 16.2 Å². The summed E-state index contributed by atoms with van der Waals surface area (Å²) in [5, 5.41) is 0. The minimum Gasteiger partial charge on any atom is -0.465 e. The van der Waals surface area contributed by atoms with Gasteiger partial charge in [0.25, 0.3) is 0 Å². The fraction of sp³-hybridized carbons (Fsp3) is 0.900. The van der Waals surface area contributed by atoms with Crippen LogP contribution in [-0.4, -0.2) is 25.2 Å². The molecule has 0 aromatic rings. The van der Waals surface area contributed by atoms with Crippen molar-refractivity contribution < 1.29 is 9.53 Å². The molecule has 0 aromatic carbocycles. The molecule has 0 aliphatic carbocycles. The molecular weight excluding hydrogens is 180 g/mol. The fourth-order valence-corrected chi connectivity index (χ4v) is 1.05. The van der Waals surface area contributed by atoms with E-state index in [1.165, 1.54) is 0 Å². The first kappa shape index (κ1) is 13.4. The predicted octanol–water partition coefficient (Wildman–Crippen LogP) is 0.786. The second kappa shape index (κ2) is 8.97. The third-order valence-electron chi connectivity index (χ3n) is 2.01. The van der Waals surface area contributed by atoms with E-state index >= 15 is 0 Å². The summed E-state index contributed by atoms with van der Waals surface area (Å²) in [5.74, 6) is -0.282. The highest BCUT2D eigenvalue weighted by Gasteiger charge is 2.13. The van der Waals surface area contributed by atoms with Gasteiger partial charge in [0.2, 0.25) is 0 Å². The molecule has 14 heavy (non-hydrogen) atoms. The number of rotatable bonds is 8. The minimum atomic E-state index is -0.474. The Morgan fingerprint density at radius 1 is 1.36 bits per heavy atom. The van der Waals surface area contributed by atoms with Crippen LogP contribution in [0.4, 0.5) is 0 Å². The Hall–Kier alpha value is -0.610. The molecule has 1 atom stereocenters. The van der Waals surface area contributed by atoms with Crippen LogP contribution in [0, 0.1) is 0 Å². The molecule has 0 rings (SSSR count). The van der Waals surface area contributed by atoms with Gasteiger partial charge in [-0.25, -0.2) is 0 Å². The van der Waals surface area contributed by atoms with E-state index in [0.29, 0.717) is 19.6 Å². The largest absolute Gasteiger partial charge is 0.465 e. The van der Waals surface area contributed by atoms with Crippen LogP contribution in [0.25, 0.3) is 0 Å². The van der Waals surface area contributed by atoms with Crippen LogP contribution in [0.1, 0.15) is 39.0 Å². The van der Waals surface area contributed by atoms with E-state index in [9.17, 15) is 4.79 Å². The number of hydrogen-bond donors (Lipinski definition) is 2. The molecule has 4 heteroatoms. The maximum absolute atomic E-state index is 11.2. The van der Waals surface area contributed by atoms with Crippen LogP contribution < -0.4 is 11.5 Å². The number of carbonyl (C=O) groups is 1. The normalized spacial score (nSPS) is 12.5. The van der Waals surface area contributed by atoms with Crippen LogP contribution in [0.15, 0.2) is 0 Å². The summed E-state index contributed by atoms with van der Waals surface area (Å²) in [6.45, 7) is 3.19. The van der Waals surface area contributed by atoms with E-state index in [-0.39, 0.29) is 5.97 Å². The second-order valence-corrected chi connectivity index (χ2v) is 3.41. The van der Waals surface area contributed by atoms with Crippen molar-refractivity contribution in [3.8, 4) is 0 Å². The summed E-state index contributed by atoms with van der Waals surface area (Å²) >= 11 is 0. The van der Waals surface area contributed by atoms with Gasteiger partial charge in [-0.15, -0.1) is 0 Å². The lowest BCUT2D eigenvalue weighted by molar-refractivity contribution is -0.145. The van der Waals surface area contributed by atoms with Crippen LogP contribution >= 0.6 is 0 Å². The van der Waals surface area contributed by atoms with Crippen molar-refractivity contribution >= 4 is 5.97 Å². The lowest BCUT2D eigenvalue weighted by Gasteiger charge is -2.10. The highest BCUT2D eigenvalue weighted by molar-refractivity contribution is 5.75. The lowest BCUT2D eigenvalue weighted by Crippen LogP contribution is -2.32. The van der Waals surface area contributed by atoms with Crippen LogP contribution in [0.3, 0.4) is 0 Å². The van der Waals surface area contributed by atoms with Crippen molar-refractivity contribution in [2.24, 2.45) is 11.5 Å². The number of esters is 1. The SMILES string of the molecule is CCCCOC(=O)C(N)CCCCN. The summed E-state index contributed by atoms with van der Waals surface area (Å²) in [6.07, 6.45) is 4.40. The first-order chi connectivity index (χ1) is 6.72.